The molecule has 1 aromatic carbocycles. The van der Waals surface area contributed by atoms with Gasteiger partial charge in [-0.1, -0.05) is 36.0 Å². The Labute approximate surface area is 125 Å². The van der Waals surface area contributed by atoms with Crippen molar-refractivity contribution < 1.29 is 0 Å². The van der Waals surface area contributed by atoms with E-state index in [9.17, 15) is 4.79 Å². The van der Waals surface area contributed by atoms with Gasteiger partial charge in [-0.3, -0.25) is 4.79 Å². The number of hydrogen-bond donors (Lipinski definition) is 1. The van der Waals surface area contributed by atoms with Crippen LogP contribution in [0.2, 0.25) is 0 Å². The third-order valence-electron chi connectivity index (χ3n) is 3.13. The normalized spacial score (nSPS) is 11.1. The van der Waals surface area contributed by atoms with E-state index in [2.05, 4.69) is 29.0 Å². The van der Waals surface area contributed by atoms with Crippen molar-refractivity contribution in [2.24, 2.45) is 0 Å². The molecule has 2 aromatic heterocycles. The lowest BCUT2D eigenvalue weighted by atomic mass is 10.1. The summed E-state index contributed by atoms with van der Waals surface area (Å²) in [6, 6.07) is 10.2. The Kier molecular flexibility index (Phi) is 3.63. The van der Waals surface area contributed by atoms with Crippen molar-refractivity contribution in [2.75, 3.05) is 0 Å². The number of thioether (sulfide) groups is 1. The average Bonchev–Trinajstić information content (AvgIpc) is 2.79. The Morgan fingerprint density at radius 2 is 2.10 bits per heavy atom. The molecule has 0 aliphatic rings. The maximum Gasteiger partial charge on any atom is 0.260 e. The maximum atomic E-state index is 12.0. The van der Waals surface area contributed by atoms with Gasteiger partial charge in [-0.25, -0.2) is 4.98 Å². The summed E-state index contributed by atoms with van der Waals surface area (Å²) in [6.07, 6.45) is 0. The van der Waals surface area contributed by atoms with Crippen LogP contribution in [0.15, 0.2) is 40.3 Å². The first-order chi connectivity index (χ1) is 9.63. The number of aryl methyl sites for hydroxylation is 2. The lowest BCUT2D eigenvalue weighted by Crippen LogP contribution is -2.07. The number of benzene rings is 1. The molecule has 0 radical (unpaired) electrons. The van der Waals surface area contributed by atoms with Gasteiger partial charge in [-0.05, 0) is 31.0 Å². The second kappa shape index (κ2) is 5.42. The van der Waals surface area contributed by atoms with Crippen molar-refractivity contribution >= 4 is 33.3 Å². The zero-order valence-electron chi connectivity index (χ0n) is 11.3. The topological polar surface area (TPSA) is 45.8 Å². The number of H-pyrrole nitrogens is 1. The van der Waals surface area contributed by atoms with Crippen LogP contribution >= 0.6 is 23.1 Å². The molecule has 3 rings (SSSR count). The van der Waals surface area contributed by atoms with Crippen LogP contribution in [0.4, 0.5) is 0 Å². The molecule has 5 heteroatoms. The number of thiophene rings is 1. The zero-order chi connectivity index (χ0) is 14.1. The van der Waals surface area contributed by atoms with Crippen molar-refractivity contribution in [1.29, 1.82) is 0 Å². The number of nitrogens with one attached hydrogen (secondary N) is 1. The smallest absolute Gasteiger partial charge is 0.260 e. The minimum atomic E-state index is -0.0494. The van der Waals surface area contributed by atoms with E-state index in [1.807, 2.05) is 25.1 Å². The first kappa shape index (κ1) is 13.4. The van der Waals surface area contributed by atoms with Gasteiger partial charge in [0.2, 0.25) is 0 Å². The molecule has 0 amide bonds. The second-order valence-corrected chi connectivity index (χ2v) is 6.86. The van der Waals surface area contributed by atoms with E-state index in [0.717, 1.165) is 15.5 Å². The molecule has 0 saturated carbocycles. The molecule has 0 spiro atoms. The Balaban J connectivity index is 1.88. The SMILES string of the molecule is Cc1cc2c(=O)[nH]c(SCc3ccccc3C)nc2s1. The number of aromatic nitrogens is 2. The molecule has 3 nitrogen and oxygen atoms in total. The Bertz CT molecular complexity index is 820. The van der Waals surface area contributed by atoms with Crippen molar-refractivity contribution in [1.82, 2.24) is 9.97 Å². The number of rotatable bonds is 3. The van der Waals surface area contributed by atoms with E-state index in [1.165, 1.54) is 11.1 Å². The quantitative estimate of drug-likeness (QED) is 0.589. The Hall–Kier alpha value is -1.59. The highest BCUT2D eigenvalue weighted by Gasteiger charge is 2.08. The Morgan fingerprint density at radius 1 is 1.30 bits per heavy atom. The van der Waals surface area contributed by atoms with Crippen LogP contribution in [0.25, 0.3) is 10.2 Å². The van der Waals surface area contributed by atoms with Gasteiger partial charge in [0.25, 0.3) is 5.56 Å². The van der Waals surface area contributed by atoms with Crippen molar-refractivity contribution in [2.45, 2.75) is 24.8 Å². The van der Waals surface area contributed by atoms with Gasteiger partial charge in [0.05, 0.1) is 5.39 Å². The molecule has 1 N–H and O–H groups in total. The van der Waals surface area contributed by atoms with Gasteiger partial charge < -0.3 is 4.98 Å². The van der Waals surface area contributed by atoms with E-state index in [-0.39, 0.29) is 5.56 Å². The highest BCUT2D eigenvalue weighted by atomic mass is 32.2. The fourth-order valence-electron chi connectivity index (χ4n) is 2.02. The molecule has 0 atom stereocenters. The number of fused-ring (bicyclic) bond motifs is 1. The summed E-state index contributed by atoms with van der Waals surface area (Å²) in [5.41, 5.74) is 2.48. The van der Waals surface area contributed by atoms with Crippen LogP contribution in [0.3, 0.4) is 0 Å². The lowest BCUT2D eigenvalue weighted by Gasteiger charge is -2.04. The molecule has 0 aliphatic heterocycles. The zero-order valence-corrected chi connectivity index (χ0v) is 12.9. The third-order valence-corrected chi connectivity index (χ3v) is 5.00. The first-order valence-electron chi connectivity index (χ1n) is 6.31. The van der Waals surface area contributed by atoms with E-state index in [4.69, 9.17) is 0 Å². The molecule has 0 fully saturated rings. The molecule has 0 unspecified atom stereocenters. The van der Waals surface area contributed by atoms with Gasteiger partial charge in [0, 0.05) is 10.6 Å². The monoisotopic (exact) mass is 302 g/mol. The van der Waals surface area contributed by atoms with Crippen molar-refractivity contribution in [3.63, 3.8) is 0 Å². The summed E-state index contributed by atoms with van der Waals surface area (Å²) in [6.45, 7) is 4.09. The number of aromatic amines is 1. The average molecular weight is 302 g/mol. The van der Waals surface area contributed by atoms with Gasteiger partial charge in [0.1, 0.15) is 4.83 Å². The number of hydrogen-bond acceptors (Lipinski definition) is 4. The minimum Gasteiger partial charge on any atom is -0.301 e. The summed E-state index contributed by atoms with van der Waals surface area (Å²) in [5, 5.41) is 1.38. The van der Waals surface area contributed by atoms with E-state index in [0.29, 0.717) is 10.5 Å². The lowest BCUT2D eigenvalue weighted by molar-refractivity contribution is 0.979. The van der Waals surface area contributed by atoms with Crippen LogP contribution in [0, 0.1) is 13.8 Å². The molecular formula is C15H14N2OS2. The van der Waals surface area contributed by atoms with Crippen molar-refractivity contribution in [3.8, 4) is 0 Å². The largest absolute Gasteiger partial charge is 0.301 e. The van der Waals surface area contributed by atoms with Gasteiger partial charge in [0.15, 0.2) is 5.16 Å². The van der Waals surface area contributed by atoms with E-state index < -0.39 is 0 Å². The number of nitrogens with zero attached hydrogens (tertiary/aromatic N) is 1. The second-order valence-electron chi connectivity index (χ2n) is 4.66. The Morgan fingerprint density at radius 3 is 2.90 bits per heavy atom. The van der Waals surface area contributed by atoms with Crippen LogP contribution in [0.1, 0.15) is 16.0 Å². The standard InChI is InChI=1S/C15H14N2OS2/c1-9-5-3-4-6-11(9)8-19-15-16-13(18)12-7-10(2)20-14(12)17-15/h3-7H,8H2,1-2H3,(H,16,17,18). The molecule has 102 valence electrons. The van der Waals surface area contributed by atoms with Crippen LogP contribution in [-0.4, -0.2) is 9.97 Å². The predicted molar refractivity (Wildman–Crippen MR) is 85.7 cm³/mol. The fourth-order valence-corrected chi connectivity index (χ4v) is 3.89. The molecular weight excluding hydrogens is 288 g/mol. The maximum absolute atomic E-state index is 12.0. The minimum absolute atomic E-state index is 0.0494. The molecule has 0 bridgehead atoms. The van der Waals surface area contributed by atoms with Crippen molar-refractivity contribution in [3.05, 3.63) is 56.7 Å². The highest BCUT2D eigenvalue weighted by molar-refractivity contribution is 7.98. The summed E-state index contributed by atoms with van der Waals surface area (Å²) >= 11 is 3.13. The van der Waals surface area contributed by atoms with Crippen LogP contribution < -0.4 is 5.56 Å². The summed E-state index contributed by atoms with van der Waals surface area (Å²) < 4.78 is 0. The molecule has 20 heavy (non-hydrogen) atoms. The molecule has 3 aromatic rings. The first-order valence-corrected chi connectivity index (χ1v) is 8.11. The summed E-state index contributed by atoms with van der Waals surface area (Å²) in [5.74, 6) is 0.811. The fraction of sp³-hybridized carbons (Fsp3) is 0.200. The van der Waals surface area contributed by atoms with Crippen LogP contribution in [-0.2, 0) is 5.75 Å². The summed E-state index contributed by atoms with van der Waals surface area (Å²) in [4.78, 5) is 21.3. The van der Waals surface area contributed by atoms with Crippen LogP contribution in [0.5, 0.6) is 0 Å². The highest BCUT2D eigenvalue weighted by Crippen LogP contribution is 2.25. The molecule has 2 heterocycles. The summed E-state index contributed by atoms with van der Waals surface area (Å²) in [7, 11) is 0. The van der Waals surface area contributed by atoms with E-state index >= 15 is 0 Å². The predicted octanol–water partition coefficient (Wildman–Crippen LogP) is 3.89. The molecule has 0 saturated heterocycles. The molecule has 0 aliphatic carbocycles. The van der Waals surface area contributed by atoms with E-state index in [1.54, 1.807) is 23.1 Å². The third kappa shape index (κ3) is 2.64. The van der Waals surface area contributed by atoms with Gasteiger partial charge >= 0.3 is 0 Å². The van der Waals surface area contributed by atoms with Gasteiger partial charge in [-0.2, -0.15) is 0 Å². The van der Waals surface area contributed by atoms with Gasteiger partial charge in [-0.15, -0.1) is 11.3 Å².